The Morgan fingerprint density at radius 1 is 0.963 bits per heavy atom. The molecule has 7 rings (SSSR count). The standard InChI is InChI=1S/C24H26FNO/c25-21-11-18(26)3-6-22(21)27-19-4-1-17(2-5-19)24-8-7-20-15(12-24)9-14-10-16(13-24)23(14)20/h1-6,11,14-16,20,23H,7-10,12-13,26H2. The van der Waals surface area contributed by atoms with Crippen LogP contribution < -0.4 is 10.5 Å². The van der Waals surface area contributed by atoms with E-state index in [2.05, 4.69) is 12.1 Å². The van der Waals surface area contributed by atoms with E-state index in [1.807, 2.05) is 12.1 Å². The fraction of sp³-hybridized carbons (Fsp3) is 0.500. The van der Waals surface area contributed by atoms with Gasteiger partial charge in [-0.15, -0.1) is 0 Å². The third-order valence-corrected chi connectivity index (χ3v) is 8.31. The van der Waals surface area contributed by atoms with Crippen molar-refractivity contribution in [1.29, 1.82) is 0 Å². The van der Waals surface area contributed by atoms with Gasteiger partial charge in [0.05, 0.1) is 0 Å². The summed E-state index contributed by atoms with van der Waals surface area (Å²) < 4.78 is 19.8. The number of nitrogen functional groups attached to an aromatic ring is 1. The molecule has 0 spiro atoms. The average molecular weight is 363 g/mol. The Balaban J connectivity index is 1.27. The molecule has 27 heavy (non-hydrogen) atoms. The number of hydrogen-bond acceptors (Lipinski definition) is 2. The van der Waals surface area contributed by atoms with Crippen molar-refractivity contribution in [2.75, 3.05) is 5.73 Å². The second kappa shape index (κ2) is 5.50. The second-order valence-corrected chi connectivity index (χ2v) is 9.54. The summed E-state index contributed by atoms with van der Waals surface area (Å²) in [6.07, 6.45) is 8.52. The summed E-state index contributed by atoms with van der Waals surface area (Å²) in [5.74, 6) is 5.56. The Bertz CT molecular complexity index is 890. The minimum absolute atomic E-state index is 0.225. The minimum Gasteiger partial charge on any atom is -0.454 e. The molecule has 0 heterocycles. The monoisotopic (exact) mass is 363 g/mol. The van der Waals surface area contributed by atoms with Gasteiger partial charge in [-0.05, 0) is 103 Å². The van der Waals surface area contributed by atoms with Crippen molar-refractivity contribution < 1.29 is 9.13 Å². The smallest absolute Gasteiger partial charge is 0.167 e. The largest absolute Gasteiger partial charge is 0.454 e. The van der Waals surface area contributed by atoms with Crippen molar-refractivity contribution in [3.63, 3.8) is 0 Å². The maximum absolute atomic E-state index is 14.0. The molecule has 6 unspecified atom stereocenters. The molecule has 2 nitrogen and oxygen atoms in total. The van der Waals surface area contributed by atoms with Crippen LogP contribution in [0.15, 0.2) is 42.5 Å². The molecule has 0 radical (unpaired) electrons. The van der Waals surface area contributed by atoms with Crippen molar-refractivity contribution in [2.45, 2.75) is 43.9 Å². The molecule has 0 aliphatic heterocycles. The Hall–Kier alpha value is -2.03. The predicted octanol–water partition coefficient (Wildman–Crippen LogP) is 5.91. The molecule has 0 amide bonds. The first-order valence-corrected chi connectivity index (χ1v) is 10.4. The Morgan fingerprint density at radius 2 is 1.74 bits per heavy atom. The van der Waals surface area contributed by atoms with Crippen LogP contribution in [-0.2, 0) is 5.41 Å². The van der Waals surface area contributed by atoms with Gasteiger partial charge in [0.2, 0.25) is 0 Å². The molecule has 2 aromatic rings. The number of benzene rings is 2. The number of anilines is 1. The maximum atomic E-state index is 14.0. The van der Waals surface area contributed by atoms with E-state index in [0.717, 1.165) is 29.6 Å². The van der Waals surface area contributed by atoms with Crippen molar-refractivity contribution in [3.8, 4) is 11.5 Å². The predicted molar refractivity (Wildman–Crippen MR) is 104 cm³/mol. The fourth-order valence-corrected chi connectivity index (χ4v) is 7.32. The number of ether oxygens (including phenoxy) is 1. The molecule has 5 aliphatic rings. The summed E-state index contributed by atoms with van der Waals surface area (Å²) in [7, 11) is 0. The first-order valence-electron chi connectivity index (χ1n) is 10.4. The zero-order valence-corrected chi connectivity index (χ0v) is 15.5. The maximum Gasteiger partial charge on any atom is 0.167 e. The number of fused-ring (bicyclic) bond motifs is 1. The van der Waals surface area contributed by atoms with Gasteiger partial charge in [-0.1, -0.05) is 12.1 Å². The van der Waals surface area contributed by atoms with Crippen LogP contribution in [-0.4, -0.2) is 0 Å². The zero-order chi connectivity index (χ0) is 18.2. The van der Waals surface area contributed by atoms with Crippen molar-refractivity contribution in [3.05, 3.63) is 53.8 Å². The second-order valence-electron chi connectivity index (χ2n) is 9.54. The van der Waals surface area contributed by atoms with Gasteiger partial charge in [0, 0.05) is 11.8 Å². The average Bonchev–Trinajstić information content (AvgIpc) is 2.78. The highest BCUT2D eigenvalue weighted by atomic mass is 19.1. The molecule has 5 fully saturated rings. The zero-order valence-electron chi connectivity index (χ0n) is 15.5. The third-order valence-electron chi connectivity index (χ3n) is 8.31. The normalized spacial score (nSPS) is 38.3. The van der Waals surface area contributed by atoms with Crippen LogP contribution in [0.3, 0.4) is 0 Å². The van der Waals surface area contributed by atoms with Gasteiger partial charge < -0.3 is 10.5 Å². The summed E-state index contributed by atoms with van der Waals surface area (Å²) in [6, 6.07) is 13.1. The van der Waals surface area contributed by atoms with Gasteiger partial charge in [0.25, 0.3) is 0 Å². The molecule has 5 saturated carbocycles. The van der Waals surface area contributed by atoms with Gasteiger partial charge in [0.1, 0.15) is 5.75 Å². The lowest BCUT2D eigenvalue weighted by Gasteiger charge is -2.46. The summed E-state index contributed by atoms with van der Waals surface area (Å²) >= 11 is 0. The molecule has 2 aromatic carbocycles. The topological polar surface area (TPSA) is 35.2 Å². The van der Waals surface area contributed by atoms with Gasteiger partial charge >= 0.3 is 0 Å². The first-order chi connectivity index (χ1) is 13.1. The molecule has 5 aliphatic carbocycles. The van der Waals surface area contributed by atoms with Crippen LogP contribution in [0.4, 0.5) is 10.1 Å². The summed E-state index contributed by atoms with van der Waals surface area (Å²) in [4.78, 5) is 0. The summed E-state index contributed by atoms with van der Waals surface area (Å²) in [6.45, 7) is 0. The molecular formula is C24H26FNO. The lowest BCUT2D eigenvalue weighted by Crippen LogP contribution is -2.38. The van der Waals surface area contributed by atoms with E-state index in [0.29, 0.717) is 16.9 Å². The molecule has 0 saturated heterocycles. The van der Waals surface area contributed by atoms with E-state index < -0.39 is 5.82 Å². The van der Waals surface area contributed by atoms with Crippen LogP contribution >= 0.6 is 0 Å². The van der Waals surface area contributed by atoms with Gasteiger partial charge in [-0.25, -0.2) is 4.39 Å². The number of rotatable bonds is 3. The molecule has 0 aromatic heterocycles. The number of hydrogen-bond donors (Lipinski definition) is 1. The van der Waals surface area contributed by atoms with Crippen molar-refractivity contribution in [2.24, 2.45) is 29.6 Å². The van der Waals surface area contributed by atoms with Crippen LogP contribution in [0.25, 0.3) is 0 Å². The third kappa shape index (κ3) is 2.30. The molecule has 140 valence electrons. The van der Waals surface area contributed by atoms with Crippen LogP contribution in [0.5, 0.6) is 11.5 Å². The fourth-order valence-electron chi connectivity index (χ4n) is 7.32. The molecule has 2 N–H and O–H groups in total. The van der Waals surface area contributed by atoms with E-state index in [9.17, 15) is 4.39 Å². The van der Waals surface area contributed by atoms with Gasteiger partial charge in [-0.2, -0.15) is 0 Å². The van der Waals surface area contributed by atoms with Gasteiger partial charge in [0.15, 0.2) is 11.6 Å². The van der Waals surface area contributed by atoms with Crippen molar-refractivity contribution in [1.82, 2.24) is 0 Å². The highest BCUT2D eigenvalue weighted by Crippen LogP contribution is 2.69. The lowest BCUT2D eigenvalue weighted by atomic mass is 9.59. The Kier molecular flexibility index (Phi) is 3.25. The molecule has 4 bridgehead atoms. The van der Waals surface area contributed by atoms with E-state index in [-0.39, 0.29) is 5.75 Å². The van der Waals surface area contributed by atoms with E-state index in [1.165, 1.54) is 50.2 Å². The highest BCUT2D eigenvalue weighted by Gasteiger charge is 2.61. The van der Waals surface area contributed by atoms with Crippen molar-refractivity contribution >= 4 is 5.69 Å². The number of halogens is 1. The molecule has 3 heteroatoms. The molecule has 6 atom stereocenters. The van der Waals surface area contributed by atoms with E-state index >= 15 is 0 Å². The van der Waals surface area contributed by atoms with E-state index in [4.69, 9.17) is 10.5 Å². The summed E-state index contributed by atoms with van der Waals surface area (Å²) in [5.41, 5.74) is 7.87. The number of nitrogens with two attached hydrogens (primary N) is 1. The lowest BCUT2D eigenvalue weighted by molar-refractivity contribution is 0.0636. The quantitative estimate of drug-likeness (QED) is 0.688. The van der Waals surface area contributed by atoms with Crippen LogP contribution in [0.2, 0.25) is 0 Å². The van der Waals surface area contributed by atoms with E-state index in [1.54, 1.807) is 12.1 Å². The minimum atomic E-state index is -0.421. The highest BCUT2D eigenvalue weighted by molar-refractivity contribution is 5.45. The Labute approximate surface area is 159 Å². The van der Waals surface area contributed by atoms with Crippen LogP contribution in [0.1, 0.15) is 44.1 Å². The van der Waals surface area contributed by atoms with Crippen LogP contribution in [0, 0.1) is 35.4 Å². The first kappa shape index (κ1) is 16.0. The van der Waals surface area contributed by atoms with Gasteiger partial charge in [-0.3, -0.25) is 0 Å². The molecular weight excluding hydrogens is 337 g/mol. The summed E-state index contributed by atoms with van der Waals surface area (Å²) in [5, 5.41) is 0. The Morgan fingerprint density at radius 3 is 2.56 bits per heavy atom. The SMILES string of the molecule is Nc1ccc(Oc2ccc(C34CCC5C(CC6CC(C3)C65)C4)cc2)c(F)c1.